The van der Waals surface area contributed by atoms with E-state index < -0.39 is 0 Å². The normalized spacial score (nSPS) is 14.3. The van der Waals surface area contributed by atoms with Crippen molar-refractivity contribution in [1.82, 2.24) is 14.5 Å². The van der Waals surface area contributed by atoms with E-state index in [2.05, 4.69) is 4.98 Å². The van der Waals surface area contributed by atoms with Crippen LogP contribution in [0.2, 0.25) is 0 Å². The summed E-state index contributed by atoms with van der Waals surface area (Å²) in [6, 6.07) is 1.94. The average Bonchev–Trinajstić information content (AvgIpc) is 3.17. The molecule has 1 saturated carbocycles. The van der Waals surface area contributed by atoms with Gasteiger partial charge in [-0.2, -0.15) is 0 Å². The lowest BCUT2D eigenvalue weighted by molar-refractivity contribution is -0.132. The fourth-order valence-corrected chi connectivity index (χ4v) is 2.15. The van der Waals surface area contributed by atoms with Crippen molar-refractivity contribution in [1.29, 1.82) is 0 Å². The Morgan fingerprint density at radius 2 is 2.26 bits per heavy atom. The highest BCUT2D eigenvalue weighted by molar-refractivity contribution is 5.76. The Labute approximate surface area is 112 Å². The number of rotatable bonds is 5. The van der Waals surface area contributed by atoms with Gasteiger partial charge in [0.15, 0.2) is 0 Å². The summed E-state index contributed by atoms with van der Waals surface area (Å²) >= 11 is 0. The molecule has 104 valence electrons. The van der Waals surface area contributed by atoms with Gasteiger partial charge in [0.25, 0.3) is 11.6 Å². The van der Waals surface area contributed by atoms with Crippen LogP contribution in [0.25, 0.3) is 0 Å². The number of nitrogens with zero attached hydrogens (tertiary/aromatic N) is 3. The first-order valence-corrected chi connectivity index (χ1v) is 6.48. The highest BCUT2D eigenvalue weighted by Crippen LogP contribution is 2.26. The third-order valence-corrected chi connectivity index (χ3v) is 3.23. The van der Waals surface area contributed by atoms with E-state index >= 15 is 0 Å². The van der Waals surface area contributed by atoms with Crippen molar-refractivity contribution in [2.45, 2.75) is 39.3 Å². The second kappa shape index (κ2) is 5.42. The average molecular weight is 265 g/mol. The van der Waals surface area contributed by atoms with Gasteiger partial charge in [-0.25, -0.2) is 4.98 Å². The fraction of sp³-hybridized carbons (Fsp3) is 0.615. The van der Waals surface area contributed by atoms with Crippen molar-refractivity contribution >= 4 is 5.91 Å². The lowest BCUT2D eigenvalue weighted by Crippen LogP contribution is -2.38. The Hall–Kier alpha value is -1.85. The lowest BCUT2D eigenvalue weighted by Gasteiger charge is -2.21. The molecular weight excluding hydrogens is 246 g/mol. The lowest BCUT2D eigenvalue weighted by atomic mass is 10.4. The molecule has 0 saturated heterocycles. The zero-order valence-corrected chi connectivity index (χ0v) is 11.5. The van der Waals surface area contributed by atoms with Gasteiger partial charge in [-0.3, -0.25) is 14.2 Å². The number of carbonyl (C=O) groups excluding carboxylic acids is 1. The van der Waals surface area contributed by atoms with Crippen molar-refractivity contribution in [3.63, 3.8) is 0 Å². The Morgan fingerprint density at radius 3 is 2.79 bits per heavy atom. The molecule has 1 amide bonds. The van der Waals surface area contributed by atoms with Gasteiger partial charge in [0.2, 0.25) is 5.91 Å². The van der Waals surface area contributed by atoms with Gasteiger partial charge < -0.3 is 9.64 Å². The topological polar surface area (TPSA) is 64.4 Å². The first-order chi connectivity index (χ1) is 9.06. The van der Waals surface area contributed by atoms with E-state index in [1.807, 2.05) is 11.8 Å². The maximum Gasteiger partial charge on any atom is 0.299 e. The number of carbonyl (C=O) groups is 1. The van der Waals surface area contributed by atoms with Crippen LogP contribution in [0.5, 0.6) is 6.01 Å². The van der Waals surface area contributed by atoms with E-state index in [9.17, 15) is 9.59 Å². The van der Waals surface area contributed by atoms with Gasteiger partial charge >= 0.3 is 0 Å². The van der Waals surface area contributed by atoms with Crippen LogP contribution in [-0.4, -0.2) is 40.1 Å². The standard InChI is InChI=1S/C13H19N3O3/c1-4-15(10-5-6-10)12(18)8-16-11(17)7-9(2)14-13(16)19-3/h7,10H,4-6,8H2,1-3H3. The summed E-state index contributed by atoms with van der Waals surface area (Å²) < 4.78 is 6.36. The van der Waals surface area contributed by atoms with Crippen LogP contribution >= 0.6 is 0 Å². The minimum absolute atomic E-state index is 0.0143. The van der Waals surface area contributed by atoms with E-state index in [0.717, 1.165) is 12.8 Å². The molecule has 1 aromatic heterocycles. The van der Waals surface area contributed by atoms with E-state index in [1.165, 1.54) is 17.7 Å². The first kappa shape index (κ1) is 13.6. The summed E-state index contributed by atoms with van der Waals surface area (Å²) in [7, 11) is 1.45. The summed E-state index contributed by atoms with van der Waals surface area (Å²) in [6.45, 7) is 4.32. The van der Waals surface area contributed by atoms with Gasteiger partial charge in [0, 0.05) is 24.3 Å². The van der Waals surface area contributed by atoms with Crippen molar-refractivity contribution in [3.8, 4) is 6.01 Å². The molecule has 1 aromatic rings. The second-order valence-electron chi connectivity index (χ2n) is 4.72. The molecule has 0 spiro atoms. The van der Waals surface area contributed by atoms with Crippen LogP contribution in [-0.2, 0) is 11.3 Å². The molecule has 6 nitrogen and oxygen atoms in total. The highest BCUT2D eigenvalue weighted by Gasteiger charge is 2.31. The molecule has 0 radical (unpaired) electrons. The summed E-state index contributed by atoms with van der Waals surface area (Å²) in [6.07, 6.45) is 2.11. The van der Waals surface area contributed by atoms with Crippen LogP contribution in [0, 0.1) is 6.92 Å². The fourth-order valence-electron chi connectivity index (χ4n) is 2.15. The van der Waals surface area contributed by atoms with Gasteiger partial charge in [0.05, 0.1) is 7.11 Å². The third kappa shape index (κ3) is 2.94. The number of likely N-dealkylation sites (N-methyl/N-ethyl adjacent to an activating group) is 1. The van der Waals surface area contributed by atoms with E-state index in [1.54, 1.807) is 6.92 Å². The molecule has 6 heteroatoms. The molecule has 1 heterocycles. The van der Waals surface area contributed by atoms with E-state index in [0.29, 0.717) is 18.3 Å². The predicted molar refractivity (Wildman–Crippen MR) is 70.2 cm³/mol. The maximum absolute atomic E-state index is 12.2. The summed E-state index contributed by atoms with van der Waals surface area (Å²) in [4.78, 5) is 30.1. The molecular formula is C13H19N3O3. The molecule has 1 fully saturated rings. The number of amides is 1. The third-order valence-electron chi connectivity index (χ3n) is 3.23. The number of hydrogen-bond donors (Lipinski definition) is 0. The van der Waals surface area contributed by atoms with Crippen molar-refractivity contribution < 1.29 is 9.53 Å². The molecule has 2 rings (SSSR count). The zero-order chi connectivity index (χ0) is 14.0. The molecule has 1 aliphatic carbocycles. The summed E-state index contributed by atoms with van der Waals surface area (Å²) in [5.74, 6) is -0.0592. The number of aryl methyl sites for hydroxylation is 1. The van der Waals surface area contributed by atoms with Crippen LogP contribution in [0.15, 0.2) is 10.9 Å². The molecule has 19 heavy (non-hydrogen) atoms. The van der Waals surface area contributed by atoms with Gasteiger partial charge in [0.1, 0.15) is 6.54 Å². The molecule has 1 aliphatic rings. The SMILES string of the molecule is CCN(C(=O)Cn1c(OC)nc(C)cc1=O)C1CC1. The van der Waals surface area contributed by atoms with E-state index in [-0.39, 0.29) is 24.0 Å². The van der Waals surface area contributed by atoms with E-state index in [4.69, 9.17) is 4.74 Å². The van der Waals surface area contributed by atoms with Crippen LogP contribution in [0.1, 0.15) is 25.5 Å². The van der Waals surface area contributed by atoms with Crippen molar-refractivity contribution in [2.75, 3.05) is 13.7 Å². The van der Waals surface area contributed by atoms with Gasteiger partial charge in [-0.05, 0) is 26.7 Å². The Balaban J connectivity index is 2.22. The quantitative estimate of drug-likeness (QED) is 0.781. The smallest absolute Gasteiger partial charge is 0.299 e. The number of methoxy groups -OCH3 is 1. The minimum atomic E-state index is -0.260. The summed E-state index contributed by atoms with van der Waals surface area (Å²) in [5, 5.41) is 0. The minimum Gasteiger partial charge on any atom is -0.468 e. The van der Waals surface area contributed by atoms with Crippen LogP contribution < -0.4 is 10.3 Å². The maximum atomic E-state index is 12.2. The molecule has 0 aliphatic heterocycles. The second-order valence-corrected chi connectivity index (χ2v) is 4.72. The molecule has 0 atom stereocenters. The van der Waals surface area contributed by atoms with Crippen molar-refractivity contribution in [2.24, 2.45) is 0 Å². The monoisotopic (exact) mass is 265 g/mol. The Morgan fingerprint density at radius 1 is 1.58 bits per heavy atom. The Bertz CT molecular complexity index is 534. The number of hydrogen-bond acceptors (Lipinski definition) is 4. The van der Waals surface area contributed by atoms with Gasteiger partial charge in [-0.1, -0.05) is 0 Å². The molecule has 0 unspecified atom stereocenters. The first-order valence-electron chi connectivity index (χ1n) is 6.48. The highest BCUT2D eigenvalue weighted by atomic mass is 16.5. The summed E-state index contributed by atoms with van der Waals surface area (Å²) in [5.41, 5.74) is 0.324. The predicted octanol–water partition coefficient (Wildman–Crippen LogP) is 0.571. The molecule has 0 aromatic carbocycles. The number of aromatic nitrogens is 2. The zero-order valence-electron chi connectivity index (χ0n) is 11.5. The van der Waals surface area contributed by atoms with Gasteiger partial charge in [-0.15, -0.1) is 0 Å². The van der Waals surface area contributed by atoms with Crippen LogP contribution in [0.3, 0.4) is 0 Å². The van der Waals surface area contributed by atoms with Crippen molar-refractivity contribution in [3.05, 3.63) is 22.1 Å². The molecule has 0 bridgehead atoms. The number of ether oxygens (including phenoxy) is 1. The Kier molecular flexibility index (Phi) is 3.87. The van der Waals surface area contributed by atoms with Crippen LogP contribution in [0.4, 0.5) is 0 Å². The largest absolute Gasteiger partial charge is 0.468 e. The molecule has 0 N–H and O–H groups in total.